The van der Waals surface area contributed by atoms with Gasteiger partial charge in [-0.1, -0.05) is 54.6 Å². The molecule has 0 fully saturated rings. The Hall–Kier alpha value is -3.58. The average molecular weight is 370 g/mol. The predicted molar refractivity (Wildman–Crippen MR) is 110 cm³/mol. The van der Waals surface area contributed by atoms with Crippen molar-refractivity contribution in [2.75, 3.05) is 20.2 Å². The van der Waals surface area contributed by atoms with Gasteiger partial charge in [0.25, 0.3) is 5.91 Å². The van der Waals surface area contributed by atoms with Crippen molar-refractivity contribution in [2.45, 2.75) is 6.42 Å². The van der Waals surface area contributed by atoms with E-state index in [1.54, 1.807) is 18.0 Å². The number of carbonyl (C=O) groups is 1. The molecule has 0 heterocycles. The number of benzene rings is 3. The quantitative estimate of drug-likeness (QED) is 0.563. The zero-order valence-electron chi connectivity index (χ0n) is 15.8. The number of rotatable bonds is 7. The van der Waals surface area contributed by atoms with Gasteiger partial charge in [0.05, 0.1) is 18.2 Å². The maximum absolute atomic E-state index is 13.0. The van der Waals surface area contributed by atoms with Gasteiger partial charge in [-0.25, -0.2) is 0 Å². The lowest BCUT2D eigenvalue weighted by Gasteiger charge is -2.19. The van der Waals surface area contributed by atoms with E-state index in [-0.39, 0.29) is 5.91 Å². The molecule has 0 radical (unpaired) electrons. The lowest BCUT2D eigenvalue weighted by molar-refractivity contribution is 0.0788. The molecular weight excluding hydrogens is 348 g/mol. The molecule has 0 bridgehead atoms. The summed E-state index contributed by atoms with van der Waals surface area (Å²) in [6.45, 7) is 1.13. The smallest absolute Gasteiger partial charge is 0.254 e. The van der Waals surface area contributed by atoms with E-state index >= 15 is 0 Å². The zero-order valence-corrected chi connectivity index (χ0v) is 15.8. The number of amides is 1. The summed E-state index contributed by atoms with van der Waals surface area (Å²) in [6, 6.07) is 26.6. The van der Waals surface area contributed by atoms with Crippen LogP contribution in [0.2, 0.25) is 0 Å². The molecule has 0 atom stereocenters. The molecule has 0 aliphatic carbocycles. The van der Waals surface area contributed by atoms with E-state index in [4.69, 9.17) is 4.74 Å². The molecule has 4 heteroatoms. The molecule has 1 amide bonds. The predicted octanol–water partition coefficient (Wildman–Crippen LogP) is 4.77. The molecule has 3 rings (SSSR count). The Bertz CT molecular complexity index is 977. The van der Waals surface area contributed by atoms with Gasteiger partial charge in [0.1, 0.15) is 5.75 Å². The van der Waals surface area contributed by atoms with Crippen LogP contribution >= 0.6 is 0 Å². The Morgan fingerprint density at radius 3 is 2.32 bits per heavy atom. The highest BCUT2D eigenvalue weighted by molar-refractivity contribution is 6.01. The number of carbonyl (C=O) groups excluding carboxylic acids is 1. The van der Waals surface area contributed by atoms with Gasteiger partial charge < -0.3 is 9.64 Å². The minimum Gasteiger partial charge on any atom is -0.494 e. The molecule has 140 valence electrons. The molecule has 4 nitrogen and oxygen atoms in total. The number of nitrogens with zero attached hydrogens (tertiary/aromatic N) is 2. The van der Waals surface area contributed by atoms with Gasteiger partial charge in [0, 0.05) is 24.7 Å². The number of para-hydroxylation sites is 1. The summed E-state index contributed by atoms with van der Waals surface area (Å²) in [5, 5.41) is 9.40. The van der Waals surface area contributed by atoms with Crippen molar-refractivity contribution < 1.29 is 9.53 Å². The third-order valence-electron chi connectivity index (χ3n) is 4.49. The summed E-state index contributed by atoms with van der Waals surface area (Å²) in [6.07, 6.45) is 0.730. The Morgan fingerprint density at radius 2 is 1.57 bits per heavy atom. The summed E-state index contributed by atoms with van der Waals surface area (Å²) in [5.74, 6) is 0.762. The van der Waals surface area contributed by atoms with Crippen LogP contribution < -0.4 is 4.74 Å². The standard InChI is InChI=1S/C24H22N2O2/c1-26(16-9-17-28-20-11-3-2-4-12-20)24(27)23-15-8-7-14-22(23)21-13-6-5-10-19(21)18-25/h2-8,10-15H,9,16-17H2,1H3. The number of nitriles is 1. The summed E-state index contributed by atoms with van der Waals surface area (Å²) in [4.78, 5) is 14.7. The van der Waals surface area contributed by atoms with Crippen LogP contribution in [0, 0.1) is 11.3 Å². The van der Waals surface area contributed by atoms with Gasteiger partial charge >= 0.3 is 0 Å². The first-order valence-electron chi connectivity index (χ1n) is 9.22. The van der Waals surface area contributed by atoms with E-state index in [0.717, 1.165) is 23.3 Å². The van der Waals surface area contributed by atoms with Crippen LogP contribution in [0.15, 0.2) is 78.9 Å². The Kier molecular flexibility index (Phi) is 6.43. The fourth-order valence-corrected chi connectivity index (χ4v) is 3.04. The highest BCUT2D eigenvalue weighted by Crippen LogP contribution is 2.27. The SMILES string of the molecule is CN(CCCOc1ccccc1)C(=O)c1ccccc1-c1ccccc1C#N. The van der Waals surface area contributed by atoms with Gasteiger partial charge in [-0.2, -0.15) is 5.26 Å². The Labute approximate surface area is 165 Å². The normalized spacial score (nSPS) is 10.1. The number of hydrogen-bond donors (Lipinski definition) is 0. The Balaban J connectivity index is 1.68. The van der Waals surface area contributed by atoms with Gasteiger partial charge in [0.15, 0.2) is 0 Å². The van der Waals surface area contributed by atoms with Crippen LogP contribution in [-0.4, -0.2) is 31.0 Å². The highest BCUT2D eigenvalue weighted by atomic mass is 16.5. The van der Waals surface area contributed by atoms with Crippen LogP contribution in [0.4, 0.5) is 0 Å². The van der Waals surface area contributed by atoms with Crippen molar-refractivity contribution in [1.29, 1.82) is 5.26 Å². The fourth-order valence-electron chi connectivity index (χ4n) is 3.04. The van der Waals surface area contributed by atoms with E-state index in [9.17, 15) is 10.1 Å². The second kappa shape index (κ2) is 9.38. The van der Waals surface area contributed by atoms with Crippen molar-refractivity contribution in [2.24, 2.45) is 0 Å². The monoisotopic (exact) mass is 370 g/mol. The molecule has 3 aromatic carbocycles. The molecule has 0 aliphatic heterocycles. The first-order chi connectivity index (χ1) is 13.7. The highest BCUT2D eigenvalue weighted by Gasteiger charge is 2.17. The van der Waals surface area contributed by atoms with E-state index in [1.165, 1.54) is 0 Å². The maximum atomic E-state index is 13.0. The first kappa shape index (κ1) is 19.2. The summed E-state index contributed by atoms with van der Waals surface area (Å²) in [7, 11) is 1.79. The third-order valence-corrected chi connectivity index (χ3v) is 4.49. The van der Waals surface area contributed by atoms with E-state index in [2.05, 4.69) is 6.07 Å². The van der Waals surface area contributed by atoms with Crippen molar-refractivity contribution in [3.8, 4) is 22.9 Å². The molecule has 0 spiro atoms. The lowest BCUT2D eigenvalue weighted by atomic mass is 9.95. The topological polar surface area (TPSA) is 53.3 Å². The van der Waals surface area contributed by atoms with Crippen molar-refractivity contribution in [3.63, 3.8) is 0 Å². The van der Waals surface area contributed by atoms with Gasteiger partial charge in [-0.15, -0.1) is 0 Å². The zero-order chi connectivity index (χ0) is 19.8. The van der Waals surface area contributed by atoms with E-state index < -0.39 is 0 Å². The van der Waals surface area contributed by atoms with Crippen molar-refractivity contribution >= 4 is 5.91 Å². The van der Waals surface area contributed by atoms with E-state index in [0.29, 0.717) is 24.3 Å². The van der Waals surface area contributed by atoms with Crippen LogP contribution in [-0.2, 0) is 0 Å². The third kappa shape index (κ3) is 4.57. The van der Waals surface area contributed by atoms with Gasteiger partial charge in [0.2, 0.25) is 0 Å². The average Bonchev–Trinajstić information content (AvgIpc) is 2.76. The fraction of sp³-hybridized carbons (Fsp3) is 0.167. The molecule has 28 heavy (non-hydrogen) atoms. The van der Waals surface area contributed by atoms with Crippen molar-refractivity contribution in [3.05, 3.63) is 90.0 Å². The maximum Gasteiger partial charge on any atom is 0.254 e. The first-order valence-corrected chi connectivity index (χ1v) is 9.22. The molecule has 0 aliphatic rings. The van der Waals surface area contributed by atoms with E-state index in [1.807, 2.05) is 72.8 Å². The molecule has 0 saturated heterocycles. The van der Waals surface area contributed by atoms with Crippen LogP contribution in [0.3, 0.4) is 0 Å². The van der Waals surface area contributed by atoms with Crippen molar-refractivity contribution in [1.82, 2.24) is 4.90 Å². The molecule has 0 saturated carbocycles. The summed E-state index contributed by atoms with van der Waals surface area (Å²) in [5.41, 5.74) is 2.70. The molecule has 0 unspecified atom stereocenters. The second-order valence-electron chi connectivity index (χ2n) is 6.44. The number of hydrogen-bond acceptors (Lipinski definition) is 3. The van der Waals surface area contributed by atoms with Crippen LogP contribution in [0.5, 0.6) is 5.75 Å². The molecular formula is C24H22N2O2. The summed E-state index contributed by atoms with van der Waals surface area (Å²) >= 11 is 0. The van der Waals surface area contributed by atoms with Gasteiger partial charge in [-0.3, -0.25) is 4.79 Å². The van der Waals surface area contributed by atoms with Gasteiger partial charge in [-0.05, 0) is 36.2 Å². The molecule has 3 aromatic rings. The van der Waals surface area contributed by atoms with Crippen LogP contribution in [0.1, 0.15) is 22.3 Å². The largest absolute Gasteiger partial charge is 0.494 e. The summed E-state index contributed by atoms with van der Waals surface area (Å²) < 4.78 is 5.69. The molecule has 0 aromatic heterocycles. The Morgan fingerprint density at radius 1 is 0.929 bits per heavy atom. The second-order valence-corrected chi connectivity index (χ2v) is 6.44. The molecule has 0 N–H and O–H groups in total. The minimum atomic E-state index is -0.0666. The van der Waals surface area contributed by atoms with Crippen LogP contribution in [0.25, 0.3) is 11.1 Å². The lowest BCUT2D eigenvalue weighted by Crippen LogP contribution is -2.29. The number of ether oxygens (including phenoxy) is 1. The minimum absolute atomic E-state index is 0.0666.